The number of hydrogen-bond acceptors (Lipinski definition) is 6. The Morgan fingerprint density at radius 1 is 1.21 bits per heavy atom. The summed E-state index contributed by atoms with van der Waals surface area (Å²) >= 11 is 0. The first-order valence-corrected chi connectivity index (χ1v) is 10.3. The van der Waals surface area contributed by atoms with E-state index in [1.807, 2.05) is 0 Å². The van der Waals surface area contributed by atoms with Gasteiger partial charge in [0.2, 0.25) is 10.0 Å². The van der Waals surface area contributed by atoms with E-state index in [1.165, 1.54) is 18.5 Å². The van der Waals surface area contributed by atoms with Crippen LogP contribution < -0.4 is 23.8 Å². The third kappa shape index (κ3) is 3.84. The molecular formula is C19H22N2O6S. The Morgan fingerprint density at radius 3 is 2.64 bits per heavy atom. The molecule has 150 valence electrons. The lowest BCUT2D eigenvalue weighted by Crippen LogP contribution is -2.49. The van der Waals surface area contributed by atoms with Crippen molar-refractivity contribution in [2.24, 2.45) is 0 Å². The van der Waals surface area contributed by atoms with Gasteiger partial charge in [0.1, 0.15) is 17.2 Å². The van der Waals surface area contributed by atoms with Crippen LogP contribution in [0.25, 0.3) is 0 Å². The third-order valence-corrected chi connectivity index (χ3v) is 6.14. The molecule has 9 heteroatoms. The molecule has 1 aliphatic rings. The maximum absolute atomic E-state index is 12.9. The molecule has 0 fully saturated rings. The second kappa shape index (κ2) is 7.97. The molecule has 1 aliphatic heterocycles. The molecule has 0 spiro atoms. The van der Waals surface area contributed by atoms with Crippen LogP contribution in [-0.4, -0.2) is 46.9 Å². The first kappa shape index (κ1) is 19.8. The Hall–Kier alpha value is -2.94. The number of anilines is 2. The van der Waals surface area contributed by atoms with Crippen LogP contribution in [0, 0.1) is 0 Å². The maximum Gasteiger partial charge on any atom is 0.267 e. The summed E-state index contributed by atoms with van der Waals surface area (Å²) in [7, 11) is -0.566. The summed E-state index contributed by atoms with van der Waals surface area (Å²) < 4.78 is 42.5. The van der Waals surface area contributed by atoms with Crippen molar-refractivity contribution in [3.8, 4) is 17.2 Å². The number of amides is 1. The zero-order valence-electron chi connectivity index (χ0n) is 15.8. The van der Waals surface area contributed by atoms with Crippen molar-refractivity contribution in [3.63, 3.8) is 0 Å². The second-order valence-corrected chi connectivity index (χ2v) is 8.24. The topological polar surface area (TPSA) is 94.2 Å². The molecule has 1 unspecified atom stereocenters. The highest BCUT2D eigenvalue weighted by Crippen LogP contribution is 2.36. The lowest BCUT2D eigenvalue weighted by molar-refractivity contribution is -0.122. The zero-order valence-corrected chi connectivity index (χ0v) is 16.7. The van der Waals surface area contributed by atoms with Crippen LogP contribution in [-0.2, 0) is 14.8 Å². The Balaban J connectivity index is 1.89. The van der Waals surface area contributed by atoms with Crippen LogP contribution in [0.2, 0.25) is 0 Å². The SMILES string of the molecule is CCS(=O)(=O)N1CC(C(=O)Nc2cc(OC)ccc2OC)Oc2ccccc21. The van der Waals surface area contributed by atoms with Crippen LogP contribution in [0.1, 0.15) is 6.92 Å². The van der Waals surface area contributed by atoms with E-state index in [0.29, 0.717) is 28.6 Å². The predicted octanol–water partition coefficient (Wildman–Crippen LogP) is 2.26. The van der Waals surface area contributed by atoms with Crippen molar-refractivity contribution < 1.29 is 27.4 Å². The molecular weight excluding hydrogens is 384 g/mol. The largest absolute Gasteiger partial charge is 0.497 e. The molecule has 0 saturated carbocycles. The van der Waals surface area contributed by atoms with Gasteiger partial charge in [-0.1, -0.05) is 12.1 Å². The minimum atomic E-state index is -3.57. The smallest absolute Gasteiger partial charge is 0.267 e. The van der Waals surface area contributed by atoms with Crippen molar-refractivity contribution in [1.29, 1.82) is 0 Å². The highest BCUT2D eigenvalue weighted by molar-refractivity contribution is 7.92. The Kier molecular flexibility index (Phi) is 5.64. The first-order chi connectivity index (χ1) is 13.4. The Labute approximate surface area is 164 Å². The van der Waals surface area contributed by atoms with Crippen molar-refractivity contribution in [2.75, 3.05) is 36.1 Å². The lowest BCUT2D eigenvalue weighted by atomic mass is 10.2. The Morgan fingerprint density at radius 2 is 1.96 bits per heavy atom. The van der Waals surface area contributed by atoms with Crippen LogP contribution >= 0.6 is 0 Å². The van der Waals surface area contributed by atoms with Gasteiger partial charge in [-0.25, -0.2) is 8.42 Å². The summed E-state index contributed by atoms with van der Waals surface area (Å²) in [5.41, 5.74) is 0.826. The van der Waals surface area contributed by atoms with E-state index in [0.717, 1.165) is 0 Å². The molecule has 0 bridgehead atoms. The average Bonchev–Trinajstić information content (AvgIpc) is 2.72. The summed E-state index contributed by atoms with van der Waals surface area (Å²) in [5, 5.41) is 2.74. The average molecular weight is 406 g/mol. The molecule has 0 saturated heterocycles. The van der Waals surface area contributed by atoms with Crippen molar-refractivity contribution in [1.82, 2.24) is 0 Å². The van der Waals surface area contributed by atoms with Gasteiger partial charge in [-0.3, -0.25) is 9.10 Å². The fourth-order valence-corrected chi connectivity index (χ4v) is 4.01. The van der Waals surface area contributed by atoms with Gasteiger partial charge in [0.15, 0.2) is 6.10 Å². The van der Waals surface area contributed by atoms with Crippen LogP contribution in [0.5, 0.6) is 17.2 Å². The summed E-state index contributed by atoms with van der Waals surface area (Å²) in [6.45, 7) is 1.44. The zero-order chi connectivity index (χ0) is 20.3. The molecule has 8 nitrogen and oxygen atoms in total. The number of rotatable bonds is 6. The molecule has 0 aromatic heterocycles. The standard InChI is InChI=1S/C19H22N2O6S/c1-4-28(23,24)21-12-18(27-17-8-6-5-7-15(17)21)19(22)20-14-11-13(25-2)9-10-16(14)26-3/h5-11,18H,4,12H2,1-3H3,(H,20,22). The minimum Gasteiger partial charge on any atom is -0.497 e. The van der Waals surface area contributed by atoms with E-state index in [-0.39, 0.29) is 12.3 Å². The molecule has 2 aromatic carbocycles. The molecule has 1 N–H and O–H groups in total. The van der Waals surface area contributed by atoms with Crippen molar-refractivity contribution in [2.45, 2.75) is 13.0 Å². The van der Waals surface area contributed by atoms with Crippen LogP contribution in [0.15, 0.2) is 42.5 Å². The molecule has 1 atom stereocenters. The number of benzene rings is 2. The number of ether oxygens (including phenoxy) is 3. The van der Waals surface area contributed by atoms with Gasteiger partial charge in [0.05, 0.1) is 37.9 Å². The molecule has 1 amide bonds. The highest BCUT2D eigenvalue weighted by atomic mass is 32.2. The maximum atomic E-state index is 12.9. The predicted molar refractivity (Wildman–Crippen MR) is 106 cm³/mol. The summed E-state index contributed by atoms with van der Waals surface area (Å²) in [5.74, 6) is 0.754. The van der Waals surface area contributed by atoms with Gasteiger partial charge >= 0.3 is 0 Å². The fourth-order valence-electron chi connectivity index (χ4n) is 2.88. The monoisotopic (exact) mass is 406 g/mol. The van der Waals surface area contributed by atoms with Crippen molar-refractivity contribution in [3.05, 3.63) is 42.5 Å². The molecule has 0 radical (unpaired) electrons. The van der Waals surface area contributed by atoms with Gasteiger partial charge in [0, 0.05) is 6.07 Å². The fraction of sp³-hybridized carbons (Fsp3) is 0.316. The van der Waals surface area contributed by atoms with E-state index in [2.05, 4.69) is 5.32 Å². The second-order valence-electron chi connectivity index (χ2n) is 6.06. The normalized spacial score (nSPS) is 16.0. The van der Waals surface area contributed by atoms with E-state index in [9.17, 15) is 13.2 Å². The summed E-state index contributed by atoms with van der Waals surface area (Å²) in [6, 6.07) is 11.7. The van der Waals surface area contributed by atoms with Gasteiger partial charge in [0.25, 0.3) is 5.91 Å². The van der Waals surface area contributed by atoms with E-state index in [4.69, 9.17) is 14.2 Å². The number of carbonyl (C=O) groups excluding carboxylic acids is 1. The summed E-state index contributed by atoms with van der Waals surface area (Å²) in [4.78, 5) is 12.9. The van der Waals surface area contributed by atoms with Gasteiger partial charge in [-0.05, 0) is 31.2 Å². The highest BCUT2D eigenvalue weighted by Gasteiger charge is 2.36. The number of nitrogens with one attached hydrogen (secondary N) is 1. The molecule has 28 heavy (non-hydrogen) atoms. The quantitative estimate of drug-likeness (QED) is 0.791. The number of methoxy groups -OCH3 is 2. The molecule has 3 rings (SSSR count). The van der Waals surface area contributed by atoms with E-state index < -0.39 is 22.0 Å². The number of para-hydroxylation sites is 2. The van der Waals surface area contributed by atoms with Crippen molar-refractivity contribution >= 4 is 27.3 Å². The lowest BCUT2D eigenvalue weighted by Gasteiger charge is -2.34. The third-order valence-electron chi connectivity index (χ3n) is 4.39. The van der Waals surface area contributed by atoms with E-state index >= 15 is 0 Å². The number of fused-ring (bicyclic) bond motifs is 1. The molecule has 1 heterocycles. The van der Waals surface area contributed by atoms with Gasteiger partial charge < -0.3 is 19.5 Å². The number of sulfonamides is 1. The number of hydrogen-bond donors (Lipinski definition) is 1. The Bertz CT molecular complexity index is 976. The minimum absolute atomic E-state index is 0.0839. The molecule has 0 aliphatic carbocycles. The number of carbonyl (C=O) groups is 1. The summed E-state index contributed by atoms with van der Waals surface area (Å²) in [6.07, 6.45) is -1.02. The van der Waals surface area contributed by atoms with Gasteiger partial charge in [-0.2, -0.15) is 0 Å². The van der Waals surface area contributed by atoms with Crippen LogP contribution in [0.4, 0.5) is 11.4 Å². The molecule has 2 aromatic rings. The van der Waals surface area contributed by atoms with E-state index in [1.54, 1.807) is 49.4 Å². The van der Waals surface area contributed by atoms with Gasteiger partial charge in [-0.15, -0.1) is 0 Å². The van der Waals surface area contributed by atoms with Crippen LogP contribution in [0.3, 0.4) is 0 Å². The first-order valence-electron chi connectivity index (χ1n) is 8.68. The number of nitrogens with zero attached hydrogens (tertiary/aromatic N) is 1.